The number of hydrogen-bond donors (Lipinski definition) is 2. The summed E-state index contributed by atoms with van der Waals surface area (Å²) in [5, 5.41) is 16.4. The molecule has 0 spiro atoms. The molecule has 2 aromatic heterocycles. The molecule has 45 heavy (non-hydrogen) atoms. The van der Waals surface area contributed by atoms with Crippen molar-refractivity contribution in [2.45, 2.75) is 51.2 Å². The van der Waals surface area contributed by atoms with Crippen LogP contribution in [0.2, 0.25) is 0 Å². The van der Waals surface area contributed by atoms with Crippen LogP contribution in [0.1, 0.15) is 46.6 Å². The molecule has 2 aliphatic rings. The van der Waals surface area contributed by atoms with Gasteiger partial charge in [-0.25, -0.2) is 14.4 Å². The Bertz CT molecular complexity index is 1630. The lowest BCUT2D eigenvalue weighted by Gasteiger charge is -2.35. The van der Waals surface area contributed by atoms with Crippen molar-refractivity contribution in [2.75, 3.05) is 38.3 Å². The molecule has 2 fully saturated rings. The number of rotatable bonds is 9. The van der Waals surface area contributed by atoms with Crippen LogP contribution in [0.4, 0.5) is 10.2 Å². The van der Waals surface area contributed by atoms with Crippen LogP contribution in [0, 0.1) is 12.7 Å². The average molecular weight is 632 g/mol. The molecule has 1 saturated carbocycles. The number of hydrogen-bond acceptors (Lipinski definition) is 9. The number of aromatic nitrogens is 2. The lowest BCUT2D eigenvalue weighted by atomic mass is 9.90. The van der Waals surface area contributed by atoms with Crippen molar-refractivity contribution in [3.63, 3.8) is 0 Å². The summed E-state index contributed by atoms with van der Waals surface area (Å²) in [7, 11) is 2.07. The number of carbonyl (C=O) groups excluding carboxylic acids is 1. The highest BCUT2D eigenvalue weighted by Gasteiger charge is 2.27. The molecule has 4 aromatic rings. The maximum atomic E-state index is 14.3. The summed E-state index contributed by atoms with van der Waals surface area (Å²) in [4.78, 5) is 26.7. The number of halogens is 1. The molecule has 2 N–H and O–H groups in total. The maximum Gasteiger partial charge on any atom is 0.257 e. The first-order chi connectivity index (χ1) is 21.8. The molecule has 1 amide bonds. The van der Waals surface area contributed by atoms with E-state index < -0.39 is 11.7 Å². The van der Waals surface area contributed by atoms with Gasteiger partial charge in [0.05, 0.1) is 24.4 Å². The van der Waals surface area contributed by atoms with Gasteiger partial charge >= 0.3 is 0 Å². The van der Waals surface area contributed by atoms with Crippen molar-refractivity contribution in [3.8, 4) is 28.5 Å². The number of morpholine rings is 1. The van der Waals surface area contributed by atoms with E-state index in [2.05, 4.69) is 37.5 Å². The fourth-order valence-corrected chi connectivity index (χ4v) is 6.72. The van der Waals surface area contributed by atoms with Crippen LogP contribution < -0.4 is 15.0 Å². The van der Waals surface area contributed by atoms with Gasteiger partial charge in [0.25, 0.3) is 5.91 Å². The van der Waals surface area contributed by atoms with Gasteiger partial charge in [0.15, 0.2) is 0 Å². The normalized spacial score (nSPS) is 18.8. The van der Waals surface area contributed by atoms with E-state index in [9.17, 15) is 14.3 Å². The zero-order chi connectivity index (χ0) is 31.3. The Morgan fingerprint density at radius 1 is 1.16 bits per heavy atom. The lowest BCUT2D eigenvalue weighted by Crippen LogP contribution is -2.43. The number of phenolic OH excluding ortho intramolecular Hbond substituents is 1. The van der Waals surface area contributed by atoms with Crippen LogP contribution in [0.3, 0.4) is 0 Å². The molecule has 2 aromatic carbocycles. The summed E-state index contributed by atoms with van der Waals surface area (Å²) in [6.45, 7) is 5.69. The Balaban J connectivity index is 1.14. The maximum absolute atomic E-state index is 14.3. The van der Waals surface area contributed by atoms with Crippen LogP contribution in [0.5, 0.6) is 17.4 Å². The largest absolute Gasteiger partial charge is 0.508 e. The molecule has 9 nitrogen and oxygen atoms in total. The van der Waals surface area contributed by atoms with Crippen molar-refractivity contribution >= 4 is 23.1 Å². The third-order valence-corrected chi connectivity index (χ3v) is 9.32. The Kier molecular flexibility index (Phi) is 9.58. The number of ether oxygens (including phenoxy) is 2. The van der Waals surface area contributed by atoms with Crippen LogP contribution in [0.15, 0.2) is 60.1 Å². The highest BCUT2D eigenvalue weighted by molar-refractivity contribution is 7.09. The van der Waals surface area contributed by atoms with Gasteiger partial charge in [-0.3, -0.25) is 9.69 Å². The number of pyridine rings is 1. The second-order valence-corrected chi connectivity index (χ2v) is 12.7. The average Bonchev–Trinajstić information content (AvgIpc) is 3.49. The SMILES string of the molecule is Cc1nc(N(C)[C@H]2CC[C@H](NC(=O)c3cc(F)cnc3Oc3cccc(-c4ccc(O)cc4CN4CCOCC4)c3)CC2)cs1. The van der Waals surface area contributed by atoms with E-state index in [0.717, 1.165) is 72.5 Å². The molecule has 1 aliphatic heterocycles. The quantitative estimate of drug-likeness (QED) is 0.227. The summed E-state index contributed by atoms with van der Waals surface area (Å²) in [6.07, 6.45) is 4.51. The van der Waals surface area contributed by atoms with Gasteiger partial charge in [-0.2, -0.15) is 0 Å². The summed E-state index contributed by atoms with van der Waals surface area (Å²) in [5.74, 6) is 0.675. The predicted octanol–water partition coefficient (Wildman–Crippen LogP) is 6.16. The van der Waals surface area contributed by atoms with Crippen LogP contribution >= 0.6 is 11.3 Å². The van der Waals surface area contributed by atoms with E-state index in [1.807, 2.05) is 31.2 Å². The minimum atomic E-state index is -0.609. The van der Waals surface area contributed by atoms with Gasteiger partial charge < -0.3 is 24.8 Å². The molecule has 0 atom stereocenters. The number of anilines is 1. The van der Waals surface area contributed by atoms with Gasteiger partial charge in [-0.15, -0.1) is 11.3 Å². The molecule has 11 heteroatoms. The van der Waals surface area contributed by atoms with Crippen LogP contribution in [-0.2, 0) is 11.3 Å². The molecule has 1 saturated heterocycles. The van der Waals surface area contributed by atoms with E-state index in [-0.39, 0.29) is 23.2 Å². The Morgan fingerprint density at radius 2 is 1.96 bits per heavy atom. The Labute approximate surface area is 266 Å². The summed E-state index contributed by atoms with van der Waals surface area (Å²) in [6, 6.07) is 14.3. The molecule has 0 bridgehead atoms. The molecule has 236 valence electrons. The fourth-order valence-electron chi connectivity index (χ4n) is 6.07. The van der Waals surface area contributed by atoms with E-state index >= 15 is 0 Å². The topological polar surface area (TPSA) is 100 Å². The number of aromatic hydroxyl groups is 1. The Morgan fingerprint density at radius 3 is 2.71 bits per heavy atom. The van der Waals surface area contributed by atoms with E-state index in [0.29, 0.717) is 31.5 Å². The van der Waals surface area contributed by atoms with Crippen molar-refractivity contribution in [1.82, 2.24) is 20.2 Å². The fraction of sp³-hybridized carbons (Fsp3) is 0.382. The monoisotopic (exact) mass is 631 g/mol. The smallest absolute Gasteiger partial charge is 0.257 e. The first kappa shape index (κ1) is 30.9. The highest BCUT2D eigenvalue weighted by Crippen LogP contribution is 2.33. The molecule has 0 unspecified atom stereocenters. The van der Waals surface area contributed by atoms with E-state index in [1.54, 1.807) is 29.5 Å². The van der Waals surface area contributed by atoms with Crippen molar-refractivity contribution in [3.05, 3.63) is 82.1 Å². The van der Waals surface area contributed by atoms with Crippen LogP contribution in [-0.4, -0.2) is 71.3 Å². The summed E-state index contributed by atoms with van der Waals surface area (Å²) in [5.41, 5.74) is 2.88. The summed E-state index contributed by atoms with van der Waals surface area (Å²) >= 11 is 1.64. The van der Waals surface area contributed by atoms with Gasteiger partial charge in [0.1, 0.15) is 28.7 Å². The first-order valence-electron chi connectivity index (χ1n) is 15.3. The van der Waals surface area contributed by atoms with Crippen molar-refractivity contribution in [1.29, 1.82) is 0 Å². The molecule has 1 aliphatic carbocycles. The number of amides is 1. The lowest BCUT2D eigenvalue weighted by molar-refractivity contribution is 0.0342. The molecule has 0 radical (unpaired) electrons. The van der Waals surface area contributed by atoms with E-state index in [1.165, 1.54) is 6.07 Å². The number of nitrogens with zero attached hydrogens (tertiary/aromatic N) is 4. The molecule has 6 rings (SSSR count). The number of aryl methyl sites for hydroxylation is 1. The van der Waals surface area contributed by atoms with Gasteiger partial charge in [0.2, 0.25) is 5.88 Å². The second-order valence-electron chi connectivity index (χ2n) is 11.7. The third-order valence-electron chi connectivity index (χ3n) is 8.56. The molecular formula is C34H38FN5O4S. The molecule has 3 heterocycles. The molecular weight excluding hydrogens is 593 g/mol. The van der Waals surface area contributed by atoms with Crippen molar-refractivity contribution < 1.29 is 23.8 Å². The van der Waals surface area contributed by atoms with Gasteiger partial charge in [0, 0.05) is 44.1 Å². The predicted molar refractivity (Wildman–Crippen MR) is 173 cm³/mol. The third kappa shape index (κ3) is 7.61. The van der Waals surface area contributed by atoms with Gasteiger partial charge in [-0.1, -0.05) is 18.2 Å². The first-order valence-corrected chi connectivity index (χ1v) is 16.2. The number of phenols is 1. The Hall–Kier alpha value is -4.06. The minimum absolute atomic E-state index is 0.0295. The number of carbonyl (C=O) groups is 1. The van der Waals surface area contributed by atoms with Gasteiger partial charge in [-0.05, 0) is 79.6 Å². The zero-order valence-electron chi connectivity index (χ0n) is 25.5. The highest BCUT2D eigenvalue weighted by atomic mass is 32.1. The number of benzene rings is 2. The standard InChI is InChI=1S/C34H38FN5O4S/c1-22-37-32(21-45-22)39(2)27-8-6-26(7-9-27)38-33(42)31-18-25(35)19-36-34(31)44-29-5-3-4-23(17-29)30-11-10-28(41)16-24(30)20-40-12-14-43-15-13-40/h3-5,10-11,16-19,21,26-27,41H,6-9,12-15,20H2,1-2H3,(H,38,42)/t26-,27-. The number of thiazole rings is 1. The second kappa shape index (κ2) is 13.9. The summed E-state index contributed by atoms with van der Waals surface area (Å²) < 4.78 is 25.9. The van der Waals surface area contributed by atoms with Crippen LogP contribution in [0.25, 0.3) is 11.1 Å². The van der Waals surface area contributed by atoms with E-state index in [4.69, 9.17) is 9.47 Å². The van der Waals surface area contributed by atoms with Crippen molar-refractivity contribution in [2.24, 2.45) is 0 Å². The minimum Gasteiger partial charge on any atom is -0.508 e. The number of nitrogens with one attached hydrogen (secondary N) is 1. The zero-order valence-corrected chi connectivity index (χ0v) is 26.4.